The summed E-state index contributed by atoms with van der Waals surface area (Å²) in [6, 6.07) is 16.5. The first kappa shape index (κ1) is 39.5. The summed E-state index contributed by atoms with van der Waals surface area (Å²) in [6.45, 7) is 2.97. The van der Waals surface area contributed by atoms with E-state index in [0.29, 0.717) is 40.6 Å². The Bertz CT molecular complexity index is 2070. The number of benzene rings is 3. The van der Waals surface area contributed by atoms with E-state index in [2.05, 4.69) is 0 Å². The second-order valence-electron chi connectivity index (χ2n) is 12.0. The Labute approximate surface area is 311 Å². The summed E-state index contributed by atoms with van der Waals surface area (Å²) in [7, 11) is 3.03. The van der Waals surface area contributed by atoms with E-state index in [1.165, 1.54) is 20.4 Å². The number of aryl methyl sites for hydroxylation is 1. The highest BCUT2D eigenvalue weighted by Crippen LogP contribution is 2.29. The minimum Gasteiger partial charge on any atom is -1.00 e. The molecule has 0 spiro atoms. The van der Waals surface area contributed by atoms with Gasteiger partial charge >= 0.3 is 0 Å². The van der Waals surface area contributed by atoms with Crippen molar-refractivity contribution in [2.45, 2.75) is 45.6 Å². The molecule has 2 amide bonds. The number of carbonyl (C=O) groups excluding carboxylic acids is 2. The lowest BCUT2D eigenvalue weighted by molar-refractivity contribution is -0.697. The fourth-order valence-electron chi connectivity index (χ4n) is 5.90. The van der Waals surface area contributed by atoms with Gasteiger partial charge in [-0.05, 0) is 50.1 Å². The van der Waals surface area contributed by atoms with E-state index in [1.807, 2.05) is 16.8 Å². The predicted molar refractivity (Wildman–Crippen MR) is 190 cm³/mol. The van der Waals surface area contributed by atoms with Gasteiger partial charge in [-0.2, -0.15) is 0 Å². The zero-order valence-electron chi connectivity index (χ0n) is 29.2. The molecule has 3 aromatic carbocycles. The van der Waals surface area contributed by atoms with Crippen LogP contribution in [0.2, 0.25) is 0 Å². The van der Waals surface area contributed by atoms with Crippen LogP contribution in [-0.2, 0) is 6.54 Å². The molecule has 274 valence electrons. The van der Waals surface area contributed by atoms with E-state index in [9.17, 15) is 23.2 Å². The highest BCUT2D eigenvalue weighted by molar-refractivity contribution is 6.07. The Morgan fingerprint density at radius 3 is 2.19 bits per heavy atom. The van der Waals surface area contributed by atoms with E-state index in [-0.39, 0.29) is 40.2 Å². The number of anilines is 1. The molecule has 0 unspecified atom stereocenters. The van der Waals surface area contributed by atoms with Gasteiger partial charge in [0.25, 0.3) is 11.8 Å². The first-order valence-electron chi connectivity index (χ1n) is 16.7. The van der Waals surface area contributed by atoms with Crippen molar-refractivity contribution in [2.24, 2.45) is 5.73 Å². The molecule has 0 atom stereocenters. The van der Waals surface area contributed by atoms with Crippen LogP contribution in [0.3, 0.4) is 0 Å². The number of ether oxygens (including phenoxy) is 3. The van der Waals surface area contributed by atoms with Crippen molar-refractivity contribution in [3.8, 4) is 22.9 Å². The van der Waals surface area contributed by atoms with Gasteiger partial charge < -0.3 is 46.4 Å². The molecule has 0 aliphatic rings. The van der Waals surface area contributed by atoms with Crippen LogP contribution >= 0.6 is 0 Å². The molecule has 52 heavy (non-hydrogen) atoms. The number of halogens is 3. The van der Waals surface area contributed by atoms with Crippen LogP contribution in [0.15, 0.2) is 90.1 Å². The molecule has 0 aliphatic carbocycles. The molecule has 10 nitrogen and oxygen atoms in total. The maximum atomic E-state index is 14.1. The third-order valence-electron chi connectivity index (χ3n) is 8.51. The third kappa shape index (κ3) is 9.52. The summed E-state index contributed by atoms with van der Waals surface area (Å²) in [4.78, 5) is 40.4. The van der Waals surface area contributed by atoms with Gasteiger partial charge in [-0.25, -0.2) is 13.3 Å². The number of hydrogen-bond donors (Lipinski definition) is 1. The Kier molecular flexibility index (Phi) is 13.9. The molecular weight excluding hydrogens is 738 g/mol. The van der Waals surface area contributed by atoms with Crippen LogP contribution < -0.4 is 51.8 Å². The average molecular weight is 780 g/mol. The highest BCUT2D eigenvalue weighted by Gasteiger charge is 2.24. The summed E-state index contributed by atoms with van der Waals surface area (Å²) in [5.74, 6) is -1.33. The molecule has 5 aromatic rings. The Balaban J connectivity index is 0.00000605. The van der Waals surface area contributed by atoms with Gasteiger partial charge in [0, 0.05) is 66.6 Å². The van der Waals surface area contributed by atoms with E-state index in [4.69, 9.17) is 19.9 Å². The number of amides is 2. The lowest BCUT2D eigenvalue weighted by atomic mass is 10.1. The lowest BCUT2D eigenvalue weighted by Crippen LogP contribution is -3.00. The second-order valence-corrected chi connectivity index (χ2v) is 12.0. The van der Waals surface area contributed by atoms with Crippen molar-refractivity contribution in [1.29, 1.82) is 0 Å². The lowest BCUT2D eigenvalue weighted by Gasteiger charge is -2.22. The molecule has 2 heterocycles. The van der Waals surface area contributed by atoms with Crippen LogP contribution in [0.25, 0.3) is 16.6 Å². The molecule has 0 saturated heterocycles. The monoisotopic (exact) mass is 778 g/mol. The van der Waals surface area contributed by atoms with Crippen LogP contribution in [0.5, 0.6) is 17.2 Å². The summed E-state index contributed by atoms with van der Waals surface area (Å²) >= 11 is 0. The number of carbonyl (C=O) groups is 2. The molecule has 0 saturated carbocycles. The molecule has 0 aliphatic heterocycles. The van der Waals surface area contributed by atoms with Gasteiger partial charge in [0.15, 0.2) is 12.4 Å². The summed E-state index contributed by atoms with van der Waals surface area (Å²) in [5, 5.41) is 0.246. The quantitative estimate of drug-likeness (QED) is 0.121. The van der Waals surface area contributed by atoms with Gasteiger partial charge in [0.1, 0.15) is 46.6 Å². The number of hydrogen-bond acceptors (Lipinski definition) is 6. The van der Waals surface area contributed by atoms with Crippen molar-refractivity contribution in [3.05, 3.63) is 118 Å². The van der Waals surface area contributed by atoms with E-state index in [0.717, 1.165) is 61.7 Å². The molecule has 5 rings (SSSR count). The van der Waals surface area contributed by atoms with Crippen molar-refractivity contribution in [1.82, 2.24) is 4.57 Å². The van der Waals surface area contributed by atoms with Gasteiger partial charge in [-0.3, -0.25) is 14.4 Å². The Morgan fingerprint density at radius 1 is 0.865 bits per heavy atom. The number of rotatable bonds is 16. The summed E-state index contributed by atoms with van der Waals surface area (Å²) in [6.07, 6.45) is 9.88. The maximum absolute atomic E-state index is 14.1. The van der Waals surface area contributed by atoms with Crippen LogP contribution in [-0.4, -0.2) is 43.8 Å². The average Bonchev–Trinajstić information content (AvgIpc) is 3.12. The largest absolute Gasteiger partial charge is 1.00 e. The number of pyridine rings is 2. The van der Waals surface area contributed by atoms with Crippen molar-refractivity contribution in [3.63, 3.8) is 0 Å². The number of methoxy groups -OCH3 is 2. The number of unbranched alkanes of at least 4 members (excludes halogenated alkanes) is 4. The van der Waals surface area contributed by atoms with Gasteiger partial charge in [0.05, 0.1) is 32.0 Å². The highest BCUT2D eigenvalue weighted by atomic mass is 79.9. The van der Waals surface area contributed by atoms with Crippen molar-refractivity contribution in [2.75, 3.05) is 32.3 Å². The van der Waals surface area contributed by atoms with Crippen molar-refractivity contribution >= 4 is 28.4 Å². The minimum absolute atomic E-state index is 0. The van der Waals surface area contributed by atoms with Crippen molar-refractivity contribution < 1.29 is 54.1 Å². The molecule has 13 heteroatoms. The zero-order valence-corrected chi connectivity index (χ0v) is 30.8. The van der Waals surface area contributed by atoms with E-state index < -0.39 is 28.9 Å². The first-order valence-corrected chi connectivity index (χ1v) is 16.7. The topological polar surface area (TPSA) is 117 Å². The summed E-state index contributed by atoms with van der Waals surface area (Å²) in [5.41, 5.74) is 6.14. The van der Waals surface area contributed by atoms with Crippen LogP contribution in [0.4, 0.5) is 14.5 Å². The molecule has 0 fully saturated rings. The fourth-order valence-corrected chi connectivity index (χ4v) is 5.90. The summed E-state index contributed by atoms with van der Waals surface area (Å²) < 4.78 is 49.0. The normalized spacial score (nSPS) is 10.8. The number of primary amides is 1. The fraction of sp³-hybridized carbons (Fsp3) is 0.282. The molecule has 2 N–H and O–H groups in total. The number of nitrogens with two attached hydrogens (primary N) is 1. The second kappa shape index (κ2) is 18.3. The minimum atomic E-state index is -0.841. The molecule has 0 radical (unpaired) electrons. The smallest absolute Gasteiger partial charge is 0.263 e. The van der Waals surface area contributed by atoms with Crippen LogP contribution in [0.1, 0.15) is 59.7 Å². The van der Waals surface area contributed by atoms with Gasteiger partial charge in [-0.1, -0.05) is 12.8 Å². The predicted octanol–water partition coefficient (Wildman–Crippen LogP) is 3.37. The van der Waals surface area contributed by atoms with Crippen LogP contribution in [0, 0.1) is 11.6 Å². The van der Waals surface area contributed by atoms with E-state index in [1.54, 1.807) is 60.2 Å². The zero-order chi connectivity index (χ0) is 36.5. The van der Waals surface area contributed by atoms with Gasteiger partial charge in [-0.15, -0.1) is 0 Å². The first-order chi connectivity index (χ1) is 24.6. The molecule has 0 bridgehead atoms. The Morgan fingerprint density at radius 2 is 1.54 bits per heavy atom. The van der Waals surface area contributed by atoms with E-state index >= 15 is 0 Å². The molecular formula is C39H41BrF2N4O6. The van der Waals surface area contributed by atoms with Gasteiger partial charge in [0.2, 0.25) is 5.43 Å². The number of fused-ring (bicyclic) bond motifs is 1. The number of aromatic nitrogens is 2. The molecule has 2 aromatic heterocycles. The Hall–Kier alpha value is -5.30. The standard InChI is InChI=1S/C39H40F2N4O6.BrH/c1-4-44(29-18-27(40)17-28(41)19-29)39(48)35-25-45(30-20-32(49-2)22-33(21-30)50-3)36-23-31(12-13-34(36)37(35)46)51-16-9-7-5-6-8-14-43-15-10-11-26(24-43)38(42)47;/h10-13,15,17-25H,4-9,14,16H2,1-3H3,(H-,42,47);1H. The SMILES string of the molecule is CCN(C(=O)c1cn(-c2cc(OC)cc(OC)c2)c2cc(OCCCCCCC[n+]3cccc(C(N)=O)c3)ccc2c1=O)c1cc(F)cc(F)c1.[Br-]. The number of nitrogens with zero attached hydrogens (tertiary/aromatic N) is 3. The third-order valence-corrected chi connectivity index (χ3v) is 8.51. The maximum Gasteiger partial charge on any atom is 0.263 e.